The molecule has 0 aliphatic rings. The minimum atomic E-state index is 0. The van der Waals surface area contributed by atoms with Crippen molar-refractivity contribution in [1.29, 1.82) is 0 Å². The Morgan fingerprint density at radius 2 is 1.92 bits per heavy atom. The van der Waals surface area contributed by atoms with E-state index in [1.807, 2.05) is 12.1 Å². The largest absolute Gasteiger partial charge is 0.493 e. The molecule has 0 heterocycles. The number of benzene rings is 1. The summed E-state index contributed by atoms with van der Waals surface area (Å²) < 4.78 is 11.6. The molecule has 0 saturated heterocycles. The summed E-state index contributed by atoms with van der Waals surface area (Å²) in [6, 6.07) is 3.98. The number of ether oxygens (including phenoxy) is 2. The normalized spacial score (nSPS) is 11.0. The lowest BCUT2D eigenvalue weighted by Crippen LogP contribution is -2.37. The monoisotopic (exact) mass is 513 g/mol. The lowest BCUT2D eigenvalue weighted by molar-refractivity contribution is 0.352. The van der Waals surface area contributed by atoms with Gasteiger partial charge in [0.15, 0.2) is 17.5 Å². The summed E-state index contributed by atoms with van der Waals surface area (Å²) in [6.07, 6.45) is 2.35. The molecule has 0 saturated carbocycles. The smallest absolute Gasteiger partial charge is 0.191 e. The van der Waals surface area contributed by atoms with E-state index in [-0.39, 0.29) is 24.0 Å². The summed E-state index contributed by atoms with van der Waals surface area (Å²) in [4.78, 5) is 4.25. The molecule has 1 aromatic carbocycles. The highest BCUT2D eigenvalue weighted by molar-refractivity contribution is 14.0. The Balaban J connectivity index is 0.00000529. The van der Waals surface area contributed by atoms with E-state index in [4.69, 9.17) is 9.47 Å². The maximum Gasteiger partial charge on any atom is 0.191 e. The van der Waals surface area contributed by atoms with E-state index in [2.05, 4.69) is 45.4 Å². The summed E-state index contributed by atoms with van der Waals surface area (Å²) in [6.45, 7) is 6.06. The summed E-state index contributed by atoms with van der Waals surface area (Å²) in [5, 5.41) is 6.64. The number of rotatable bonds is 8. The molecule has 24 heavy (non-hydrogen) atoms. The minimum Gasteiger partial charge on any atom is -0.493 e. The van der Waals surface area contributed by atoms with Crippen molar-refractivity contribution in [2.45, 2.75) is 33.2 Å². The van der Waals surface area contributed by atoms with Gasteiger partial charge in [0.2, 0.25) is 0 Å². The molecule has 0 fully saturated rings. The standard InChI is InChI=1S/C17H28BrN3O2.HI/c1-12(2)7-6-8-20-17(19-3)21-11-13-9-14(18)16(23-5)15(10-13)22-4;/h9-10,12H,6-8,11H2,1-5H3,(H2,19,20,21);1H. The van der Waals surface area contributed by atoms with Crippen molar-refractivity contribution in [3.63, 3.8) is 0 Å². The van der Waals surface area contributed by atoms with Crippen LogP contribution in [0.1, 0.15) is 32.3 Å². The van der Waals surface area contributed by atoms with Crippen molar-refractivity contribution in [1.82, 2.24) is 10.6 Å². The van der Waals surface area contributed by atoms with E-state index in [0.29, 0.717) is 18.0 Å². The van der Waals surface area contributed by atoms with Crippen LogP contribution < -0.4 is 20.1 Å². The summed E-state index contributed by atoms with van der Waals surface area (Å²) in [5.74, 6) is 2.95. The van der Waals surface area contributed by atoms with Gasteiger partial charge in [-0.2, -0.15) is 0 Å². The number of guanidine groups is 1. The third-order valence-electron chi connectivity index (χ3n) is 3.43. The molecule has 0 spiro atoms. The fourth-order valence-corrected chi connectivity index (χ4v) is 2.85. The van der Waals surface area contributed by atoms with Crippen molar-refractivity contribution in [2.75, 3.05) is 27.8 Å². The molecule has 1 rings (SSSR count). The van der Waals surface area contributed by atoms with Crippen molar-refractivity contribution < 1.29 is 9.47 Å². The quantitative estimate of drug-likeness (QED) is 0.237. The molecule has 0 aromatic heterocycles. The van der Waals surface area contributed by atoms with Gasteiger partial charge in [0.1, 0.15) is 0 Å². The molecule has 0 amide bonds. The first-order chi connectivity index (χ1) is 11.0. The highest BCUT2D eigenvalue weighted by atomic mass is 127. The first kappa shape index (κ1) is 23.3. The van der Waals surface area contributed by atoms with Crippen LogP contribution in [0.25, 0.3) is 0 Å². The van der Waals surface area contributed by atoms with Gasteiger partial charge in [-0.1, -0.05) is 13.8 Å². The van der Waals surface area contributed by atoms with Crippen LogP contribution in [0.4, 0.5) is 0 Å². The topological polar surface area (TPSA) is 54.9 Å². The maximum atomic E-state index is 5.36. The number of nitrogens with zero attached hydrogens (tertiary/aromatic N) is 1. The van der Waals surface area contributed by atoms with Gasteiger partial charge in [0, 0.05) is 20.1 Å². The molecule has 5 nitrogen and oxygen atoms in total. The minimum absolute atomic E-state index is 0. The summed E-state index contributed by atoms with van der Waals surface area (Å²) >= 11 is 3.51. The van der Waals surface area contributed by atoms with Gasteiger partial charge < -0.3 is 20.1 Å². The Hall–Kier alpha value is -0.700. The zero-order chi connectivity index (χ0) is 17.2. The van der Waals surface area contributed by atoms with E-state index in [1.165, 1.54) is 6.42 Å². The van der Waals surface area contributed by atoms with Crippen LogP contribution in [-0.2, 0) is 6.54 Å². The zero-order valence-corrected chi connectivity index (χ0v) is 19.0. The lowest BCUT2D eigenvalue weighted by atomic mass is 10.1. The van der Waals surface area contributed by atoms with Crippen LogP contribution in [0.3, 0.4) is 0 Å². The first-order valence-electron chi connectivity index (χ1n) is 7.86. The molecule has 0 unspecified atom stereocenters. The average Bonchev–Trinajstić information content (AvgIpc) is 2.53. The predicted octanol–water partition coefficient (Wildman–Crippen LogP) is 4.19. The average molecular weight is 514 g/mol. The van der Waals surface area contributed by atoms with Crippen LogP contribution >= 0.6 is 39.9 Å². The Morgan fingerprint density at radius 3 is 2.46 bits per heavy atom. The molecule has 0 aliphatic carbocycles. The predicted molar refractivity (Wildman–Crippen MR) is 115 cm³/mol. The van der Waals surface area contributed by atoms with Crippen molar-refractivity contribution >= 4 is 45.9 Å². The van der Waals surface area contributed by atoms with Crippen LogP contribution in [0, 0.1) is 5.92 Å². The third-order valence-corrected chi connectivity index (χ3v) is 4.02. The Kier molecular flexibility index (Phi) is 12.3. The van der Waals surface area contributed by atoms with Gasteiger partial charge in [-0.3, -0.25) is 4.99 Å². The second kappa shape index (κ2) is 12.6. The van der Waals surface area contributed by atoms with E-state index < -0.39 is 0 Å². The third kappa shape index (κ3) is 7.92. The molecule has 2 N–H and O–H groups in total. The molecular weight excluding hydrogens is 485 g/mol. The van der Waals surface area contributed by atoms with E-state index in [0.717, 1.165) is 34.9 Å². The van der Waals surface area contributed by atoms with Crippen LogP contribution in [0.5, 0.6) is 11.5 Å². The number of methoxy groups -OCH3 is 2. The van der Waals surface area contributed by atoms with Gasteiger partial charge in [-0.15, -0.1) is 24.0 Å². The Bertz CT molecular complexity index is 525. The van der Waals surface area contributed by atoms with Crippen molar-refractivity contribution in [2.24, 2.45) is 10.9 Å². The fraction of sp³-hybridized carbons (Fsp3) is 0.588. The SMILES string of the molecule is CN=C(NCCCC(C)C)NCc1cc(Br)c(OC)c(OC)c1.I. The molecule has 0 aliphatic heterocycles. The van der Waals surface area contributed by atoms with Crippen molar-refractivity contribution in [3.8, 4) is 11.5 Å². The fourth-order valence-electron chi connectivity index (χ4n) is 2.20. The second-order valence-corrected chi connectivity index (χ2v) is 6.56. The van der Waals surface area contributed by atoms with E-state index in [9.17, 15) is 0 Å². The van der Waals surface area contributed by atoms with Gasteiger partial charge >= 0.3 is 0 Å². The van der Waals surface area contributed by atoms with E-state index >= 15 is 0 Å². The first-order valence-corrected chi connectivity index (χ1v) is 8.66. The van der Waals surface area contributed by atoms with Crippen molar-refractivity contribution in [3.05, 3.63) is 22.2 Å². The van der Waals surface area contributed by atoms with Crippen LogP contribution in [0.15, 0.2) is 21.6 Å². The summed E-state index contributed by atoms with van der Waals surface area (Å²) in [5.41, 5.74) is 1.08. The second-order valence-electron chi connectivity index (χ2n) is 5.70. The molecule has 1 aromatic rings. The summed E-state index contributed by atoms with van der Waals surface area (Å²) in [7, 11) is 5.04. The van der Waals surface area contributed by atoms with Gasteiger partial charge in [-0.05, 0) is 52.4 Å². The Morgan fingerprint density at radius 1 is 1.21 bits per heavy atom. The maximum absolute atomic E-state index is 5.36. The number of aliphatic imine (C=N–C) groups is 1. The lowest BCUT2D eigenvalue weighted by Gasteiger charge is -2.15. The van der Waals surface area contributed by atoms with Crippen LogP contribution in [-0.4, -0.2) is 33.8 Å². The van der Waals surface area contributed by atoms with Gasteiger partial charge in [0.05, 0.1) is 18.7 Å². The molecule has 0 radical (unpaired) electrons. The number of hydrogen-bond acceptors (Lipinski definition) is 3. The van der Waals surface area contributed by atoms with Gasteiger partial charge in [0.25, 0.3) is 0 Å². The zero-order valence-electron chi connectivity index (χ0n) is 15.1. The van der Waals surface area contributed by atoms with E-state index in [1.54, 1.807) is 21.3 Å². The molecule has 0 bridgehead atoms. The Labute approximate surface area is 171 Å². The number of halogens is 2. The van der Waals surface area contributed by atoms with Crippen LogP contribution in [0.2, 0.25) is 0 Å². The number of nitrogens with one attached hydrogen (secondary N) is 2. The molecule has 7 heteroatoms. The molecular formula is C17H29BrIN3O2. The van der Waals surface area contributed by atoms with Gasteiger partial charge in [-0.25, -0.2) is 0 Å². The highest BCUT2D eigenvalue weighted by Gasteiger charge is 2.10. The molecule has 138 valence electrons. The highest BCUT2D eigenvalue weighted by Crippen LogP contribution is 2.36. The number of hydrogen-bond donors (Lipinski definition) is 2. The molecule has 0 atom stereocenters.